The number of nitrogens with one attached hydrogen (secondary N) is 1. The summed E-state index contributed by atoms with van der Waals surface area (Å²) in [5.74, 6) is 0.796. The summed E-state index contributed by atoms with van der Waals surface area (Å²) in [6.45, 7) is 1.89. The van der Waals surface area contributed by atoms with Crippen molar-refractivity contribution in [3.8, 4) is 12.3 Å². The van der Waals surface area contributed by atoms with Crippen LogP contribution < -0.4 is 5.32 Å². The molecule has 100 valence electrons. The van der Waals surface area contributed by atoms with Gasteiger partial charge in [0.15, 0.2) is 0 Å². The summed E-state index contributed by atoms with van der Waals surface area (Å²) in [6.07, 6.45) is 6.55. The number of amides is 1. The van der Waals surface area contributed by atoms with E-state index in [1.807, 2.05) is 6.92 Å². The number of nitrogens with zero attached hydrogens (tertiary/aromatic N) is 1. The number of nitro groups is 1. The van der Waals surface area contributed by atoms with Crippen LogP contribution in [0.2, 0.25) is 0 Å². The van der Waals surface area contributed by atoms with Gasteiger partial charge in [0, 0.05) is 12.1 Å². The molecule has 0 heterocycles. The Bertz CT molecular complexity index is 537. The van der Waals surface area contributed by atoms with E-state index in [-0.39, 0.29) is 11.3 Å². The average Bonchev–Trinajstić information content (AvgIpc) is 2.38. The molecular weight excluding hydrogens is 251 g/mol. The minimum absolute atomic E-state index is 0.348. The molecule has 0 aliphatic rings. The molecule has 19 heavy (non-hydrogen) atoms. The van der Waals surface area contributed by atoms with E-state index in [1.165, 1.54) is 0 Å². The molecule has 0 aromatic heterocycles. The molecule has 0 fully saturated rings. The molecule has 0 bridgehead atoms. The van der Waals surface area contributed by atoms with Gasteiger partial charge in [0.2, 0.25) is 0 Å². The number of benzene rings is 1. The lowest BCUT2D eigenvalue weighted by Gasteiger charge is -2.12. The fourth-order valence-electron chi connectivity index (χ4n) is 1.52. The molecule has 0 radical (unpaired) electrons. The Morgan fingerprint density at radius 3 is 2.84 bits per heavy atom. The van der Waals surface area contributed by atoms with Crippen LogP contribution in [0.4, 0.5) is 10.1 Å². The van der Waals surface area contributed by atoms with Crippen LogP contribution in [-0.4, -0.2) is 16.9 Å². The van der Waals surface area contributed by atoms with Gasteiger partial charge in [0.1, 0.15) is 5.82 Å². The third-order valence-electron chi connectivity index (χ3n) is 2.49. The fraction of sp³-hybridized carbons (Fsp3) is 0.308. The quantitative estimate of drug-likeness (QED) is 0.503. The number of halogens is 1. The zero-order valence-corrected chi connectivity index (χ0v) is 10.4. The van der Waals surface area contributed by atoms with Crippen LogP contribution in [-0.2, 0) is 0 Å². The van der Waals surface area contributed by atoms with Gasteiger partial charge < -0.3 is 5.32 Å². The van der Waals surface area contributed by atoms with Crippen LogP contribution >= 0.6 is 0 Å². The van der Waals surface area contributed by atoms with Gasteiger partial charge in [-0.05, 0) is 12.5 Å². The second-order valence-corrected chi connectivity index (χ2v) is 3.90. The average molecular weight is 264 g/mol. The normalized spacial score (nSPS) is 11.4. The van der Waals surface area contributed by atoms with Crippen molar-refractivity contribution in [3.05, 3.63) is 39.7 Å². The topological polar surface area (TPSA) is 72.2 Å². The lowest BCUT2D eigenvalue weighted by Crippen LogP contribution is -2.34. The van der Waals surface area contributed by atoms with Crippen molar-refractivity contribution in [3.63, 3.8) is 0 Å². The minimum atomic E-state index is -0.824. The molecule has 0 saturated carbocycles. The lowest BCUT2D eigenvalue weighted by molar-refractivity contribution is -0.384. The number of non-ortho nitro benzene ring substituents is 1. The highest BCUT2D eigenvalue weighted by molar-refractivity contribution is 5.95. The smallest absolute Gasteiger partial charge is 0.270 e. The second-order valence-electron chi connectivity index (χ2n) is 3.90. The zero-order chi connectivity index (χ0) is 14.4. The van der Waals surface area contributed by atoms with Crippen molar-refractivity contribution in [2.75, 3.05) is 0 Å². The highest BCUT2D eigenvalue weighted by Gasteiger charge is 2.18. The molecule has 1 N–H and O–H groups in total. The van der Waals surface area contributed by atoms with Gasteiger partial charge in [0.05, 0.1) is 16.5 Å². The summed E-state index contributed by atoms with van der Waals surface area (Å²) in [6, 6.07) is 2.26. The first-order valence-corrected chi connectivity index (χ1v) is 5.70. The fourth-order valence-corrected chi connectivity index (χ4v) is 1.52. The Labute approximate surface area is 110 Å². The second kappa shape index (κ2) is 6.50. The standard InChI is InChI=1S/C13H13FN2O3/c1-3-5-9(4-2)15-13(17)11-8-10(16(18)19)6-7-12(11)14/h2,6-9H,3,5H2,1H3,(H,15,17). The van der Waals surface area contributed by atoms with Crippen LogP contribution in [0.1, 0.15) is 30.1 Å². The van der Waals surface area contributed by atoms with E-state index >= 15 is 0 Å². The summed E-state index contributed by atoms with van der Waals surface area (Å²) >= 11 is 0. The predicted octanol–water partition coefficient (Wildman–Crippen LogP) is 2.27. The highest BCUT2D eigenvalue weighted by Crippen LogP contribution is 2.17. The van der Waals surface area contributed by atoms with Crippen LogP contribution in [0.3, 0.4) is 0 Å². The van der Waals surface area contributed by atoms with Gasteiger partial charge in [-0.1, -0.05) is 19.3 Å². The maximum atomic E-state index is 13.5. The number of nitro benzene ring substituents is 1. The van der Waals surface area contributed by atoms with Crippen molar-refractivity contribution in [2.45, 2.75) is 25.8 Å². The van der Waals surface area contributed by atoms with Gasteiger partial charge in [0.25, 0.3) is 11.6 Å². The van der Waals surface area contributed by atoms with Crippen molar-refractivity contribution in [1.82, 2.24) is 5.32 Å². The summed E-state index contributed by atoms with van der Waals surface area (Å²) in [7, 11) is 0. The van der Waals surface area contributed by atoms with Gasteiger partial charge >= 0.3 is 0 Å². The summed E-state index contributed by atoms with van der Waals surface area (Å²) < 4.78 is 13.5. The number of hydrogen-bond acceptors (Lipinski definition) is 3. The summed E-state index contributed by atoms with van der Waals surface area (Å²) in [4.78, 5) is 21.7. The molecule has 1 rings (SSSR count). The molecule has 1 unspecified atom stereocenters. The Kier molecular flexibility index (Phi) is 5.01. The summed E-state index contributed by atoms with van der Waals surface area (Å²) in [5.41, 5.74) is -0.732. The molecule has 0 saturated heterocycles. The third-order valence-corrected chi connectivity index (χ3v) is 2.49. The summed E-state index contributed by atoms with van der Waals surface area (Å²) in [5, 5.41) is 13.0. The van der Waals surface area contributed by atoms with Gasteiger partial charge in [-0.15, -0.1) is 6.42 Å². The minimum Gasteiger partial charge on any atom is -0.338 e. The number of terminal acetylenes is 1. The maximum absolute atomic E-state index is 13.5. The first kappa shape index (κ1) is 14.6. The van der Waals surface area contributed by atoms with Crippen molar-refractivity contribution < 1.29 is 14.1 Å². The number of rotatable bonds is 5. The maximum Gasteiger partial charge on any atom is 0.270 e. The Morgan fingerprint density at radius 1 is 1.63 bits per heavy atom. The zero-order valence-electron chi connectivity index (χ0n) is 10.4. The largest absolute Gasteiger partial charge is 0.338 e. The van der Waals surface area contributed by atoms with E-state index in [0.29, 0.717) is 6.42 Å². The molecule has 1 amide bonds. The molecule has 1 aromatic rings. The van der Waals surface area contributed by atoms with E-state index in [4.69, 9.17) is 6.42 Å². The first-order valence-electron chi connectivity index (χ1n) is 5.70. The third kappa shape index (κ3) is 3.78. The monoisotopic (exact) mass is 264 g/mol. The number of carbonyl (C=O) groups excluding carboxylic acids is 1. The molecule has 6 heteroatoms. The van der Waals surface area contributed by atoms with Crippen LogP contribution in [0.25, 0.3) is 0 Å². The van der Waals surface area contributed by atoms with E-state index < -0.39 is 22.7 Å². The molecule has 0 spiro atoms. The van der Waals surface area contributed by atoms with E-state index in [1.54, 1.807) is 0 Å². The highest BCUT2D eigenvalue weighted by atomic mass is 19.1. The van der Waals surface area contributed by atoms with Crippen molar-refractivity contribution in [2.24, 2.45) is 0 Å². The van der Waals surface area contributed by atoms with Gasteiger partial charge in [-0.2, -0.15) is 0 Å². The predicted molar refractivity (Wildman–Crippen MR) is 68.0 cm³/mol. The molecule has 0 aliphatic heterocycles. The Balaban J connectivity index is 2.96. The Morgan fingerprint density at radius 2 is 2.32 bits per heavy atom. The van der Waals surface area contributed by atoms with Crippen LogP contribution in [0.15, 0.2) is 18.2 Å². The van der Waals surface area contributed by atoms with E-state index in [9.17, 15) is 19.3 Å². The SMILES string of the molecule is C#CC(CCC)NC(=O)c1cc([N+](=O)[O-])ccc1F. The number of carbonyl (C=O) groups is 1. The van der Waals surface area contributed by atoms with Gasteiger partial charge in [-0.3, -0.25) is 14.9 Å². The molecule has 5 nitrogen and oxygen atoms in total. The van der Waals surface area contributed by atoms with Gasteiger partial charge in [-0.25, -0.2) is 4.39 Å². The number of hydrogen-bond donors (Lipinski definition) is 1. The molecule has 0 aliphatic carbocycles. The first-order chi connectivity index (χ1) is 8.99. The van der Waals surface area contributed by atoms with E-state index in [2.05, 4.69) is 11.2 Å². The lowest BCUT2D eigenvalue weighted by atomic mass is 10.1. The van der Waals surface area contributed by atoms with Crippen molar-refractivity contribution >= 4 is 11.6 Å². The van der Waals surface area contributed by atoms with Crippen LogP contribution in [0.5, 0.6) is 0 Å². The molecule has 1 aromatic carbocycles. The molecule has 1 atom stereocenters. The van der Waals surface area contributed by atoms with Crippen molar-refractivity contribution in [1.29, 1.82) is 0 Å². The molecular formula is C13H13FN2O3. The van der Waals surface area contributed by atoms with Crippen LogP contribution in [0, 0.1) is 28.3 Å². The van der Waals surface area contributed by atoms with E-state index in [0.717, 1.165) is 24.6 Å². The Hall–Kier alpha value is -2.42.